The van der Waals surface area contributed by atoms with Gasteiger partial charge in [-0.3, -0.25) is 4.79 Å². The maximum absolute atomic E-state index is 11.2. The van der Waals surface area contributed by atoms with E-state index >= 15 is 0 Å². The van der Waals surface area contributed by atoms with Gasteiger partial charge in [-0.2, -0.15) is 0 Å². The Hall–Kier alpha value is -0.370. The normalized spacial score (nSPS) is 27.5. The van der Waals surface area contributed by atoms with E-state index in [1.807, 2.05) is 0 Å². The third-order valence-electron chi connectivity index (χ3n) is 2.25. The van der Waals surface area contributed by atoms with Crippen molar-refractivity contribution < 1.29 is 9.69 Å². The van der Waals surface area contributed by atoms with E-state index in [0.29, 0.717) is 11.8 Å². The average molecular weight is 142 g/mol. The van der Waals surface area contributed by atoms with E-state index in [9.17, 15) is 4.79 Å². The number of likely N-dealkylation sites (N-methyl/N-ethyl adjacent to an activating group) is 1. The van der Waals surface area contributed by atoms with Crippen LogP contribution in [0, 0.1) is 0 Å². The molecule has 0 amide bonds. The predicted octanol–water partition coefficient (Wildman–Crippen LogP) is -0.357. The summed E-state index contributed by atoms with van der Waals surface area (Å²) in [6.07, 6.45) is 4.27. The molecule has 1 atom stereocenters. The Bertz CT molecular complexity index is 131. The molecule has 1 aliphatic carbocycles. The van der Waals surface area contributed by atoms with E-state index in [1.165, 1.54) is 11.3 Å². The van der Waals surface area contributed by atoms with Crippen LogP contribution in [-0.4, -0.2) is 25.9 Å². The first-order valence-corrected chi connectivity index (χ1v) is 4.04. The van der Waals surface area contributed by atoms with Gasteiger partial charge in [-0.25, -0.2) is 0 Å². The highest BCUT2D eigenvalue weighted by atomic mass is 16.1. The van der Waals surface area contributed by atoms with Gasteiger partial charge in [0.05, 0.1) is 14.1 Å². The topological polar surface area (TPSA) is 21.5 Å². The zero-order valence-electron chi connectivity index (χ0n) is 6.81. The quantitative estimate of drug-likeness (QED) is 0.530. The summed E-state index contributed by atoms with van der Waals surface area (Å²) in [6.45, 7) is 0. The van der Waals surface area contributed by atoms with Crippen molar-refractivity contribution in [2.24, 2.45) is 0 Å². The molecule has 58 valence electrons. The predicted molar refractivity (Wildman–Crippen MR) is 40.1 cm³/mol. The number of quaternary nitrogens is 1. The molecule has 0 aromatic rings. The van der Waals surface area contributed by atoms with Gasteiger partial charge in [-0.05, 0) is 12.8 Å². The first-order valence-electron chi connectivity index (χ1n) is 4.04. The second kappa shape index (κ2) is 3.15. The standard InChI is InChI=1S/C8H15NO/c1-9(2)7-5-3-4-6-8(7)10/h7H,3-6H2,1-2H3/p+1/t7-/m0/s1. The van der Waals surface area contributed by atoms with Crippen molar-refractivity contribution in [1.82, 2.24) is 0 Å². The average Bonchev–Trinajstić information content (AvgIpc) is 1.88. The Balaban J connectivity index is 2.48. The van der Waals surface area contributed by atoms with E-state index in [2.05, 4.69) is 14.1 Å². The van der Waals surface area contributed by atoms with Gasteiger partial charge in [0.1, 0.15) is 6.04 Å². The summed E-state index contributed by atoms with van der Waals surface area (Å²) in [5.74, 6) is 0.464. The van der Waals surface area contributed by atoms with Crippen LogP contribution in [0.5, 0.6) is 0 Å². The van der Waals surface area contributed by atoms with Crippen molar-refractivity contribution in [3.63, 3.8) is 0 Å². The van der Waals surface area contributed by atoms with Crippen LogP contribution in [0.2, 0.25) is 0 Å². The molecule has 1 fully saturated rings. The highest BCUT2D eigenvalue weighted by Gasteiger charge is 2.26. The second-order valence-electron chi connectivity index (χ2n) is 3.34. The molecule has 0 saturated heterocycles. The first kappa shape index (κ1) is 7.73. The fourth-order valence-corrected chi connectivity index (χ4v) is 1.59. The van der Waals surface area contributed by atoms with Crippen molar-refractivity contribution in [3.05, 3.63) is 0 Å². The maximum Gasteiger partial charge on any atom is 0.189 e. The van der Waals surface area contributed by atoms with Gasteiger partial charge in [0.25, 0.3) is 0 Å². The largest absolute Gasteiger partial charge is 0.331 e. The summed E-state index contributed by atoms with van der Waals surface area (Å²) in [7, 11) is 4.13. The van der Waals surface area contributed by atoms with Crippen LogP contribution in [0.3, 0.4) is 0 Å². The van der Waals surface area contributed by atoms with E-state index in [4.69, 9.17) is 0 Å². The highest BCUT2D eigenvalue weighted by Crippen LogP contribution is 2.11. The molecule has 1 saturated carbocycles. The molecule has 2 heteroatoms. The summed E-state index contributed by atoms with van der Waals surface area (Å²) in [5.41, 5.74) is 0. The number of hydrogen-bond acceptors (Lipinski definition) is 1. The van der Waals surface area contributed by atoms with Gasteiger partial charge < -0.3 is 4.90 Å². The number of hydrogen-bond donors (Lipinski definition) is 1. The number of Topliss-reactive ketones (excluding diaryl/α,β-unsaturated/α-hetero) is 1. The molecule has 0 heterocycles. The summed E-state index contributed by atoms with van der Waals surface area (Å²) >= 11 is 0. The lowest BCUT2D eigenvalue weighted by Crippen LogP contribution is -3.11. The van der Waals surface area contributed by atoms with Crippen molar-refractivity contribution in [2.75, 3.05) is 14.1 Å². The van der Waals surface area contributed by atoms with Gasteiger partial charge in [-0.15, -0.1) is 0 Å². The lowest BCUT2D eigenvalue weighted by molar-refractivity contribution is -0.876. The lowest BCUT2D eigenvalue weighted by Gasteiger charge is -2.23. The monoisotopic (exact) mass is 142 g/mol. The van der Waals surface area contributed by atoms with Crippen molar-refractivity contribution >= 4 is 5.78 Å². The summed E-state index contributed by atoms with van der Waals surface area (Å²) in [5, 5.41) is 0. The maximum atomic E-state index is 11.2. The third kappa shape index (κ3) is 1.57. The SMILES string of the molecule is C[NH+](C)[C@H]1CCCCC1=O. The number of rotatable bonds is 1. The zero-order valence-corrected chi connectivity index (χ0v) is 6.81. The Labute approximate surface area is 62.2 Å². The van der Waals surface area contributed by atoms with Gasteiger partial charge in [0, 0.05) is 12.8 Å². The van der Waals surface area contributed by atoms with Crippen LogP contribution in [-0.2, 0) is 4.79 Å². The number of carbonyl (C=O) groups is 1. The molecule has 1 rings (SSSR count). The lowest BCUT2D eigenvalue weighted by atomic mass is 9.93. The van der Waals surface area contributed by atoms with Gasteiger partial charge in [0.15, 0.2) is 5.78 Å². The molecule has 0 aromatic carbocycles. The third-order valence-corrected chi connectivity index (χ3v) is 2.25. The zero-order chi connectivity index (χ0) is 7.56. The van der Waals surface area contributed by atoms with E-state index in [0.717, 1.165) is 19.3 Å². The molecule has 0 unspecified atom stereocenters. The molecule has 0 radical (unpaired) electrons. The minimum atomic E-state index is 0.300. The Morgan fingerprint density at radius 2 is 2.10 bits per heavy atom. The molecule has 1 N–H and O–H groups in total. The minimum Gasteiger partial charge on any atom is -0.331 e. The summed E-state index contributed by atoms with van der Waals surface area (Å²) in [4.78, 5) is 12.5. The van der Waals surface area contributed by atoms with E-state index in [-0.39, 0.29) is 0 Å². The number of ketones is 1. The highest BCUT2D eigenvalue weighted by molar-refractivity contribution is 5.83. The van der Waals surface area contributed by atoms with Crippen LogP contribution >= 0.6 is 0 Å². The number of nitrogens with one attached hydrogen (secondary N) is 1. The molecule has 0 aromatic heterocycles. The van der Waals surface area contributed by atoms with Crippen LogP contribution in [0.4, 0.5) is 0 Å². The minimum absolute atomic E-state index is 0.300. The summed E-state index contributed by atoms with van der Waals surface area (Å²) in [6, 6.07) is 0.300. The second-order valence-corrected chi connectivity index (χ2v) is 3.34. The van der Waals surface area contributed by atoms with Gasteiger partial charge in [-0.1, -0.05) is 0 Å². The molecular weight excluding hydrogens is 126 g/mol. The van der Waals surface area contributed by atoms with E-state index < -0.39 is 0 Å². The van der Waals surface area contributed by atoms with Crippen molar-refractivity contribution in [3.8, 4) is 0 Å². The molecule has 0 bridgehead atoms. The molecule has 2 nitrogen and oxygen atoms in total. The Kier molecular flexibility index (Phi) is 2.44. The van der Waals surface area contributed by atoms with Crippen molar-refractivity contribution in [2.45, 2.75) is 31.7 Å². The van der Waals surface area contributed by atoms with Gasteiger partial charge >= 0.3 is 0 Å². The fraction of sp³-hybridized carbons (Fsp3) is 0.875. The molecule has 1 aliphatic rings. The molecular formula is C8H16NO+. The molecule has 10 heavy (non-hydrogen) atoms. The van der Waals surface area contributed by atoms with Crippen LogP contribution < -0.4 is 4.90 Å². The molecule has 0 aliphatic heterocycles. The van der Waals surface area contributed by atoms with Gasteiger partial charge in [0.2, 0.25) is 0 Å². The van der Waals surface area contributed by atoms with Crippen molar-refractivity contribution in [1.29, 1.82) is 0 Å². The fourth-order valence-electron chi connectivity index (χ4n) is 1.59. The van der Waals surface area contributed by atoms with Crippen LogP contribution in [0.1, 0.15) is 25.7 Å². The molecule has 0 spiro atoms. The first-order chi connectivity index (χ1) is 4.72. The summed E-state index contributed by atoms with van der Waals surface area (Å²) < 4.78 is 0. The Morgan fingerprint density at radius 1 is 1.40 bits per heavy atom. The number of carbonyl (C=O) groups excluding carboxylic acids is 1. The smallest absolute Gasteiger partial charge is 0.189 e. The van der Waals surface area contributed by atoms with Crippen LogP contribution in [0.15, 0.2) is 0 Å². The van der Waals surface area contributed by atoms with Crippen LogP contribution in [0.25, 0.3) is 0 Å². The Morgan fingerprint density at radius 3 is 2.50 bits per heavy atom. The van der Waals surface area contributed by atoms with E-state index in [1.54, 1.807) is 0 Å².